The number of aryl methyl sites for hydroxylation is 2. The van der Waals surface area contributed by atoms with E-state index in [0.29, 0.717) is 17.3 Å². The Balaban J connectivity index is 2.04. The average molecular weight is 542 g/mol. The Labute approximate surface area is 224 Å². The summed E-state index contributed by atoms with van der Waals surface area (Å²) in [5.74, 6) is -0.816. The molecule has 1 atom stereocenters. The predicted molar refractivity (Wildman–Crippen MR) is 147 cm³/mol. The molecule has 0 saturated carbocycles. The quantitative estimate of drug-likeness (QED) is 0.403. The van der Waals surface area contributed by atoms with Crippen molar-refractivity contribution in [3.63, 3.8) is 0 Å². The number of amides is 2. The molecule has 0 aliphatic heterocycles. The molecule has 0 heterocycles. The molecule has 0 spiro atoms. The van der Waals surface area contributed by atoms with E-state index in [2.05, 4.69) is 5.32 Å². The van der Waals surface area contributed by atoms with Crippen LogP contribution in [0.2, 0.25) is 5.02 Å². The van der Waals surface area contributed by atoms with E-state index in [1.807, 2.05) is 50.2 Å². The van der Waals surface area contributed by atoms with Gasteiger partial charge in [0.25, 0.3) is 10.0 Å². The third-order valence-electron chi connectivity index (χ3n) is 6.17. The lowest BCUT2D eigenvalue weighted by atomic mass is 10.1. The van der Waals surface area contributed by atoms with E-state index in [-0.39, 0.29) is 17.3 Å². The van der Waals surface area contributed by atoms with E-state index < -0.39 is 28.5 Å². The van der Waals surface area contributed by atoms with Crippen molar-refractivity contribution in [3.8, 4) is 0 Å². The van der Waals surface area contributed by atoms with Gasteiger partial charge in [0.1, 0.15) is 12.6 Å². The standard InChI is InChI=1S/C28H32ClN3O4S/c1-5-30-28(34)22(4)31(18-23-9-7-6-8-10-23)27(33)19-32(25-14-11-20(2)21(3)17-25)37(35,36)26-15-12-24(29)13-16-26/h6-17,22H,5,18-19H2,1-4H3,(H,30,34)/t22-/m1/s1. The Hall–Kier alpha value is -3.36. The lowest BCUT2D eigenvalue weighted by molar-refractivity contribution is -0.139. The van der Waals surface area contributed by atoms with Gasteiger partial charge < -0.3 is 10.2 Å². The molecular formula is C28H32ClN3O4S. The van der Waals surface area contributed by atoms with Gasteiger partial charge in [0.05, 0.1) is 10.6 Å². The Morgan fingerprint density at radius 3 is 2.19 bits per heavy atom. The van der Waals surface area contributed by atoms with Crippen LogP contribution in [-0.4, -0.2) is 44.3 Å². The van der Waals surface area contributed by atoms with E-state index in [1.165, 1.54) is 29.2 Å². The number of hydrogen-bond acceptors (Lipinski definition) is 4. The smallest absolute Gasteiger partial charge is 0.264 e. The first-order valence-electron chi connectivity index (χ1n) is 12.0. The first kappa shape index (κ1) is 28.2. The maximum Gasteiger partial charge on any atom is 0.264 e. The van der Waals surface area contributed by atoms with Crippen LogP contribution in [0.3, 0.4) is 0 Å². The minimum Gasteiger partial charge on any atom is -0.355 e. The number of carbonyl (C=O) groups excluding carboxylic acids is 2. The summed E-state index contributed by atoms with van der Waals surface area (Å²) in [5, 5.41) is 3.15. The van der Waals surface area contributed by atoms with Gasteiger partial charge in [-0.2, -0.15) is 0 Å². The first-order chi connectivity index (χ1) is 17.5. The molecule has 1 N–H and O–H groups in total. The minimum atomic E-state index is -4.13. The third-order valence-corrected chi connectivity index (χ3v) is 8.21. The number of nitrogens with zero attached hydrogens (tertiary/aromatic N) is 2. The number of rotatable bonds is 10. The summed E-state index contributed by atoms with van der Waals surface area (Å²) >= 11 is 5.98. The molecule has 0 aromatic heterocycles. The number of likely N-dealkylation sites (N-methyl/N-ethyl adjacent to an activating group) is 1. The van der Waals surface area contributed by atoms with Crippen LogP contribution in [0.5, 0.6) is 0 Å². The zero-order valence-electron chi connectivity index (χ0n) is 21.4. The van der Waals surface area contributed by atoms with Gasteiger partial charge in [-0.1, -0.05) is 48.0 Å². The molecule has 9 heteroatoms. The summed E-state index contributed by atoms with van der Waals surface area (Å²) in [5.41, 5.74) is 3.06. The van der Waals surface area contributed by atoms with Gasteiger partial charge in [0, 0.05) is 18.1 Å². The molecule has 0 saturated heterocycles. The summed E-state index contributed by atoms with van der Waals surface area (Å²) in [4.78, 5) is 27.9. The van der Waals surface area contributed by atoms with E-state index in [4.69, 9.17) is 11.6 Å². The van der Waals surface area contributed by atoms with Crippen LogP contribution in [0, 0.1) is 13.8 Å². The fourth-order valence-corrected chi connectivity index (χ4v) is 5.36. The van der Waals surface area contributed by atoms with Gasteiger partial charge in [-0.15, -0.1) is 0 Å². The van der Waals surface area contributed by atoms with E-state index in [9.17, 15) is 18.0 Å². The largest absolute Gasteiger partial charge is 0.355 e. The Bertz CT molecular complexity index is 1350. The van der Waals surface area contributed by atoms with Crippen LogP contribution in [0.25, 0.3) is 0 Å². The molecule has 196 valence electrons. The fourth-order valence-electron chi connectivity index (χ4n) is 3.83. The molecule has 7 nitrogen and oxygen atoms in total. The minimum absolute atomic E-state index is 0.00862. The molecule has 0 fully saturated rings. The molecule has 3 aromatic rings. The predicted octanol–water partition coefficient (Wildman–Crippen LogP) is 4.71. The second kappa shape index (κ2) is 12.3. The zero-order valence-corrected chi connectivity index (χ0v) is 23.0. The normalized spacial score (nSPS) is 12.0. The molecule has 0 radical (unpaired) electrons. The van der Waals surface area contributed by atoms with Gasteiger partial charge in [-0.25, -0.2) is 8.42 Å². The maximum atomic E-state index is 13.8. The number of hydrogen-bond donors (Lipinski definition) is 1. The van der Waals surface area contributed by atoms with Crippen molar-refractivity contribution < 1.29 is 18.0 Å². The molecule has 3 rings (SSSR count). The third kappa shape index (κ3) is 6.90. The van der Waals surface area contributed by atoms with Gasteiger partial charge in [0.2, 0.25) is 11.8 Å². The average Bonchev–Trinajstić information content (AvgIpc) is 2.88. The molecule has 0 aliphatic carbocycles. The highest BCUT2D eigenvalue weighted by Crippen LogP contribution is 2.27. The topological polar surface area (TPSA) is 86.8 Å². The Morgan fingerprint density at radius 1 is 0.946 bits per heavy atom. The van der Waals surface area contributed by atoms with E-state index in [0.717, 1.165) is 21.0 Å². The number of anilines is 1. The van der Waals surface area contributed by atoms with Crippen molar-refractivity contribution in [3.05, 3.63) is 94.5 Å². The van der Waals surface area contributed by atoms with Gasteiger partial charge in [0.15, 0.2) is 0 Å². The number of halogens is 1. The van der Waals surface area contributed by atoms with Crippen molar-refractivity contribution in [1.29, 1.82) is 0 Å². The number of nitrogens with one attached hydrogen (secondary N) is 1. The summed E-state index contributed by atoms with van der Waals surface area (Å²) in [7, 11) is -4.13. The molecule has 0 unspecified atom stereocenters. The van der Waals surface area contributed by atoms with Gasteiger partial charge >= 0.3 is 0 Å². The number of carbonyl (C=O) groups is 2. The second-order valence-corrected chi connectivity index (χ2v) is 11.1. The summed E-state index contributed by atoms with van der Waals surface area (Å²) in [6, 6.07) is 19.5. The number of benzene rings is 3. The lowest BCUT2D eigenvalue weighted by Gasteiger charge is -2.32. The van der Waals surface area contributed by atoms with Crippen molar-refractivity contribution in [2.24, 2.45) is 0 Å². The highest BCUT2D eigenvalue weighted by atomic mass is 35.5. The highest BCUT2D eigenvalue weighted by molar-refractivity contribution is 7.92. The van der Waals surface area contributed by atoms with Crippen LogP contribution in [0.4, 0.5) is 5.69 Å². The first-order valence-corrected chi connectivity index (χ1v) is 13.8. The monoisotopic (exact) mass is 541 g/mol. The van der Waals surface area contributed by atoms with Crippen molar-refractivity contribution in [1.82, 2.24) is 10.2 Å². The molecule has 37 heavy (non-hydrogen) atoms. The van der Waals surface area contributed by atoms with Crippen LogP contribution in [0.15, 0.2) is 77.7 Å². The molecule has 0 aliphatic rings. The summed E-state index contributed by atoms with van der Waals surface area (Å²) in [6.45, 7) is 7.33. The molecular weight excluding hydrogens is 510 g/mol. The Kier molecular flexibility index (Phi) is 9.34. The van der Waals surface area contributed by atoms with E-state index in [1.54, 1.807) is 26.0 Å². The van der Waals surface area contributed by atoms with Crippen LogP contribution >= 0.6 is 11.6 Å². The lowest BCUT2D eigenvalue weighted by Crippen LogP contribution is -2.51. The van der Waals surface area contributed by atoms with E-state index >= 15 is 0 Å². The fraction of sp³-hybridized carbons (Fsp3) is 0.286. The van der Waals surface area contributed by atoms with Crippen LogP contribution < -0.4 is 9.62 Å². The zero-order chi connectivity index (χ0) is 27.2. The highest BCUT2D eigenvalue weighted by Gasteiger charge is 2.32. The van der Waals surface area contributed by atoms with Crippen molar-refractivity contribution in [2.45, 2.75) is 45.2 Å². The molecule has 2 amide bonds. The van der Waals surface area contributed by atoms with Gasteiger partial charge in [-0.3, -0.25) is 13.9 Å². The SMILES string of the molecule is CCNC(=O)[C@@H](C)N(Cc1ccccc1)C(=O)CN(c1ccc(C)c(C)c1)S(=O)(=O)c1ccc(Cl)cc1. The number of sulfonamides is 1. The molecule has 3 aromatic carbocycles. The molecule has 0 bridgehead atoms. The summed E-state index contributed by atoms with van der Waals surface area (Å²) in [6.07, 6.45) is 0. The second-order valence-electron chi connectivity index (χ2n) is 8.81. The maximum absolute atomic E-state index is 13.8. The Morgan fingerprint density at radius 2 is 1.59 bits per heavy atom. The van der Waals surface area contributed by atoms with Crippen molar-refractivity contribution >= 4 is 39.1 Å². The van der Waals surface area contributed by atoms with Crippen molar-refractivity contribution in [2.75, 3.05) is 17.4 Å². The van der Waals surface area contributed by atoms with Crippen LogP contribution in [-0.2, 0) is 26.2 Å². The summed E-state index contributed by atoms with van der Waals surface area (Å²) < 4.78 is 28.7. The van der Waals surface area contributed by atoms with Gasteiger partial charge in [-0.05, 0) is 80.8 Å². The van der Waals surface area contributed by atoms with Crippen LogP contribution in [0.1, 0.15) is 30.5 Å².